The zero-order chi connectivity index (χ0) is 14.6. The predicted molar refractivity (Wildman–Crippen MR) is 73.2 cm³/mol. The minimum absolute atomic E-state index is 0.00787. The Kier molecular flexibility index (Phi) is 4.61. The normalized spacial score (nSPS) is 15.6. The van der Waals surface area contributed by atoms with Crippen molar-refractivity contribution in [2.45, 2.75) is 24.4 Å². The van der Waals surface area contributed by atoms with Gasteiger partial charge in [0.2, 0.25) is 5.95 Å². The van der Waals surface area contributed by atoms with Crippen molar-refractivity contribution < 1.29 is 14.3 Å². The van der Waals surface area contributed by atoms with Crippen LogP contribution in [-0.4, -0.2) is 40.9 Å². The first-order valence-electron chi connectivity index (χ1n) is 6.07. The number of methoxy groups -OCH3 is 2. The number of carbonyl (C=O) groups excluding carboxylic acids is 1. The van der Waals surface area contributed by atoms with Crippen LogP contribution < -0.4 is 16.0 Å². The third-order valence-corrected chi connectivity index (χ3v) is 4.32. The van der Waals surface area contributed by atoms with Gasteiger partial charge in [-0.15, -0.1) is 0 Å². The summed E-state index contributed by atoms with van der Waals surface area (Å²) in [7, 11) is 2.88. The van der Waals surface area contributed by atoms with Gasteiger partial charge < -0.3 is 9.47 Å². The Bertz CT molecular complexity index is 473. The third kappa shape index (κ3) is 3.70. The summed E-state index contributed by atoms with van der Waals surface area (Å²) in [6, 6.07) is 0.202. The van der Waals surface area contributed by atoms with Crippen LogP contribution in [0, 0.1) is 5.41 Å². The number of carbonyl (C=O) groups is 1. The molecule has 0 saturated heterocycles. The van der Waals surface area contributed by atoms with Crippen LogP contribution in [0.25, 0.3) is 0 Å². The van der Waals surface area contributed by atoms with Gasteiger partial charge in [0.15, 0.2) is 5.16 Å². The van der Waals surface area contributed by atoms with E-state index in [1.54, 1.807) is 0 Å². The molecule has 1 fully saturated rings. The largest absolute Gasteiger partial charge is 0.469 e. The summed E-state index contributed by atoms with van der Waals surface area (Å²) < 4.78 is 9.70. The maximum absolute atomic E-state index is 11.4. The summed E-state index contributed by atoms with van der Waals surface area (Å²) in [5.74, 6) is 6.11. The molecule has 1 aliphatic carbocycles. The van der Waals surface area contributed by atoms with Gasteiger partial charge in [0, 0.05) is 5.75 Å². The molecule has 1 aliphatic rings. The molecule has 1 aromatic heterocycles. The monoisotopic (exact) mass is 299 g/mol. The lowest BCUT2D eigenvalue weighted by molar-refractivity contribution is -0.141. The van der Waals surface area contributed by atoms with E-state index in [4.69, 9.17) is 15.3 Å². The number of esters is 1. The smallest absolute Gasteiger partial charge is 0.321 e. The first-order chi connectivity index (χ1) is 9.60. The molecule has 1 aromatic rings. The maximum Gasteiger partial charge on any atom is 0.321 e. The van der Waals surface area contributed by atoms with Gasteiger partial charge in [-0.2, -0.15) is 15.0 Å². The van der Waals surface area contributed by atoms with Crippen LogP contribution in [0.3, 0.4) is 0 Å². The molecular weight excluding hydrogens is 282 g/mol. The Morgan fingerprint density at radius 2 is 2.15 bits per heavy atom. The molecule has 8 nitrogen and oxygen atoms in total. The lowest BCUT2D eigenvalue weighted by Crippen LogP contribution is -2.14. The first-order valence-corrected chi connectivity index (χ1v) is 7.06. The predicted octanol–water partition coefficient (Wildman–Crippen LogP) is 0.601. The van der Waals surface area contributed by atoms with Gasteiger partial charge in [0.1, 0.15) is 0 Å². The summed E-state index contributed by atoms with van der Waals surface area (Å²) in [5.41, 5.74) is 2.37. The Balaban J connectivity index is 1.98. The summed E-state index contributed by atoms with van der Waals surface area (Å²) in [6.07, 6.45) is 2.46. The number of thioether (sulfide) groups is 1. The zero-order valence-electron chi connectivity index (χ0n) is 11.4. The number of nitrogens with one attached hydrogen (secondary N) is 1. The zero-order valence-corrected chi connectivity index (χ0v) is 12.2. The number of nitrogens with two attached hydrogens (primary N) is 1. The van der Waals surface area contributed by atoms with Gasteiger partial charge >= 0.3 is 12.0 Å². The minimum Gasteiger partial charge on any atom is -0.469 e. The number of anilines is 1. The van der Waals surface area contributed by atoms with E-state index in [-0.39, 0.29) is 23.3 Å². The van der Waals surface area contributed by atoms with E-state index in [1.165, 1.54) is 26.0 Å². The van der Waals surface area contributed by atoms with E-state index in [2.05, 4.69) is 20.4 Å². The SMILES string of the molecule is COC(=O)CC1(CSc2nc(NN)nc(OC)n2)CC1. The van der Waals surface area contributed by atoms with E-state index < -0.39 is 0 Å². The second kappa shape index (κ2) is 6.23. The maximum atomic E-state index is 11.4. The number of rotatable bonds is 7. The summed E-state index contributed by atoms with van der Waals surface area (Å²) in [6.45, 7) is 0. The number of hydrogen-bond donors (Lipinski definition) is 2. The van der Waals surface area contributed by atoms with Gasteiger partial charge in [-0.1, -0.05) is 11.8 Å². The van der Waals surface area contributed by atoms with Crippen LogP contribution in [0.5, 0.6) is 6.01 Å². The highest BCUT2D eigenvalue weighted by atomic mass is 32.2. The van der Waals surface area contributed by atoms with Gasteiger partial charge in [-0.25, -0.2) is 5.84 Å². The van der Waals surface area contributed by atoms with Crippen molar-refractivity contribution in [1.82, 2.24) is 15.0 Å². The van der Waals surface area contributed by atoms with Crippen molar-refractivity contribution in [1.29, 1.82) is 0 Å². The molecule has 9 heteroatoms. The molecule has 0 aliphatic heterocycles. The highest BCUT2D eigenvalue weighted by Gasteiger charge is 2.44. The topological polar surface area (TPSA) is 112 Å². The average molecular weight is 299 g/mol. The minimum atomic E-state index is -0.180. The number of aromatic nitrogens is 3. The van der Waals surface area contributed by atoms with Crippen LogP contribution in [-0.2, 0) is 9.53 Å². The van der Waals surface area contributed by atoms with E-state index in [9.17, 15) is 4.79 Å². The Morgan fingerprint density at radius 3 is 2.70 bits per heavy atom. The highest BCUT2D eigenvalue weighted by molar-refractivity contribution is 7.99. The molecule has 0 radical (unpaired) electrons. The fraction of sp³-hybridized carbons (Fsp3) is 0.636. The first kappa shape index (κ1) is 14.8. The van der Waals surface area contributed by atoms with Gasteiger partial charge in [-0.3, -0.25) is 10.2 Å². The summed E-state index contributed by atoms with van der Waals surface area (Å²) in [4.78, 5) is 23.6. The Labute approximate surface area is 120 Å². The molecule has 0 unspecified atom stereocenters. The van der Waals surface area contributed by atoms with Crippen molar-refractivity contribution in [3.8, 4) is 6.01 Å². The molecule has 1 heterocycles. The number of nitrogens with zero attached hydrogens (tertiary/aromatic N) is 3. The lowest BCUT2D eigenvalue weighted by Gasteiger charge is -2.12. The molecule has 0 spiro atoms. The van der Waals surface area contributed by atoms with Crippen LogP contribution in [0.2, 0.25) is 0 Å². The molecule has 20 heavy (non-hydrogen) atoms. The molecule has 2 rings (SSSR count). The molecular formula is C11H17N5O3S. The number of hydrogen-bond acceptors (Lipinski definition) is 9. The van der Waals surface area contributed by atoms with E-state index in [1.807, 2.05) is 0 Å². The standard InChI is InChI=1S/C11H17N5O3S/c1-18-7(17)5-11(3-4-11)6-20-10-14-8(16-12)13-9(15-10)19-2/h3-6,12H2,1-2H3,(H,13,14,15,16). The molecule has 110 valence electrons. The number of hydrazine groups is 1. The van der Waals surface area contributed by atoms with Crippen LogP contribution in [0.4, 0.5) is 5.95 Å². The molecule has 1 saturated carbocycles. The van der Waals surface area contributed by atoms with Crippen LogP contribution in [0.15, 0.2) is 5.16 Å². The van der Waals surface area contributed by atoms with E-state index in [0.29, 0.717) is 11.6 Å². The van der Waals surface area contributed by atoms with Crippen molar-refractivity contribution in [3.05, 3.63) is 0 Å². The van der Waals surface area contributed by atoms with E-state index >= 15 is 0 Å². The van der Waals surface area contributed by atoms with Crippen LogP contribution >= 0.6 is 11.8 Å². The van der Waals surface area contributed by atoms with Crippen molar-refractivity contribution >= 4 is 23.7 Å². The average Bonchev–Trinajstić information content (AvgIpc) is 3.24. The molecule has 0 amide bonds. The molecule has 0 atom stereocenters. The third-order valence-electron chi connectivity index (χ3n) is 3.12. The summed E-state index contributed by atoms with van der Waals surface area (Å²) >= 11 is 1.46. The van der Waals surface area contributed by atoms with Gasteiger partial charge in [-0.05, 0) is 18.3 Å². The van der Waals surface area contributed by atoms with Gasteiger partial charge in [0.25, 0.3) is 0 Å². The molecule has 0 bridgehead atoms. The Hall–Kier alpha value is -1.61. The Morgan fingerprint density at radius 1 is 1.40 bits per heavy atom. The van der Waals surface area contributed by atoms with Crippen LogP contribution in [0.1, 0.15) is 19.3 Å². The quantitative estimate of drug-likeness (QED) is 0.323. The van der Waals surface area contributed by atoms with Crippen molar-refractivity contribution in [3.63, 3.8) is 0 Å². The second-order valence-electron chi connectivity index (χ2n) is 4.61. The number of nitrogen functional groups attached to an aromatic ring is 1. The summed E-state index contributed by atoms with van der Waals surface area (Å²) in [5, 5.41) is 0.515. The number of ether oxygens (including phenoxy) is 2. The van der Waals surface area contributed by atoms with Crippen molar-refractivity contribution in [2.75, 3.05) is 25.4 Å². The highest BCUT2D eigenvalue weighted by Crippen LogP contribution is 2.51. The van der Waals surface area contributed by atoms with Gasteiger partial charge in [0.05, 0.1) is 20.6 Å². The fourth-order valence-corrected chi connectivity index (χ4v) is 2.82. The molecule has 0 aromatic carbocycles. The lowest BCUT2D eigenvalue weighted by atomic mass is 10.1. The van der Waals surface area contributed by atoms with Crippen molar-refractivity contribution in [2.24, 2.45) is 11.3 Å². The van der Waals surface area contributed by atoms with E-state index in [0.717, 1.165) is 18.6 Å². The second-order valence-corrected chi connectivity index (χ2v) is 5.56. The fourth-order valence-electron chi connectivity index (χ4n) is 1.70. The molecule has 3 N–H and O–H groups in total.